The van der Waals surface area contributed by atoms with Crippen LogP contribution in [0.4, 0.5) is 0 Å². The first-order valence-corrected chi connectivity index (χ1v) is 6.61. The fraction of sp³-hybridized carbons (Fsp3) is 0.467. The molecule has 1 aromatic heterocycles. The molecule has 1 unspecified atom stereocenters. The highest BCUT2D eigenvalue weighted by Gasteiger charge is 2.20. The molecule has 2 aromatic rings. The second kappa shape index (κ2) is 4.19. The lowest BCUT2D eigenvalue weighted by molar-refractivity contribution is 0.163. The normalized spacial score (nSPS) is 20.2. The van der Waals surface area contributed by atoms with Gasteiger partial charge in [0.15, 0.2) is 0 Å². The third-order valence-electron chi connectivity index (χ3n) is 3.90. The van der Waals surface area contributed by atoms with Gasteiger partial charge in [0, 0.05) is 16.6 Å². The number of aliphatic hydroxyl groups is 1. The first kappa shape index (κ1) is 10.8. The Morgan fingerprint density at radius 2 is 2.24 bits per heavy atom. The fourth-order valence-electron chi connectivity index (χ4n) is 2.87. The number of rotatable bonds is 1. The number of nitrogens with one attached hydrogen (secondary N) is 1. The van der Waals surface area contributed by atoms with Crippen LogP contribution in [-0.2, 0) is 12.8 Å². The average Bonchev–Trinajstić information content (AvgIpc) is 2.62. The van der Waals surface area contributed by atoms with Gasteiger partial charge in [-0.2, -0.15) is 0 Å². The van der Waals surface area contributed by atoms with E-state index in [2.05, 4.69) is 30.1 Å². The summed E-state index contributed by atoms with van der Waals surface area (Å²) in [7, 11) is 0. The lowest BCUT2D eigenvalue weighted by Gasteiger charge is -2.05. The molecule has 0 bridgehead atoms. The zero-order valence-corrected chi connectivity index (χ0v) is 10.3. The molecular weight excluding hydrogens is 210 g/mol. The Morgan fingerprint density at radius 3 is 3.06 bits per heavy atom. The number of H-pyrrole nitrogens is 1. The van der Waals surface area contributed by atoms with Gasteiger partial charge in [0.2, 0.25) is 0 Å². The predicted octanol–water partition coefficient (Wildman–Crippen LogP) is 3.49. The summed E-state index contributed by atoms with van der Waals surface area (Å²) in [5.74, 6) is 0. The van der Waals surface area contributed by atoms with Gasteiger partial charge in [0.1, 0.15) is 0 Å². The number of aliphatic hydroxyl groups excluding tert-OH is 1. The number of hydrogen-bond donors (Lipinski definition) is 2. The lowest BCUT2D eigenvalue weighted by Crippen LogP contribution is -1.97. The van der Waals surface area contributed by atoms with Crippen LogP contribution in [0.1, 0.15) is 49.1 Å². The third-order valence-corrected chi connectivity index (χ3v) is 3.90. The Hall–Kier alpha value is -1.28. The molecule has 17 heavy (non-hydrogen) atoms. The SMILES string of the molecule is CCc1ccc2[nH]c3c(c2c1)CCCCC3O. The van der Waals surface area contributed by atoms with Gasteiger partial charge >= 0.3 is 0 Å². The minimum Gasteiger partial charge on any atom is -0.387 e. The minimum atomic E-state index is -0.301. The Morgan fingerprint density at radius 1 is 1.35 bits per heavy atom. The summed E-state index contributed by atoms with van der Waals surface area (Å²) in [5, 5.41) is 11.5. The molecule has 2 N–H and O–H groups in total. The van der Waals surface area contributed by atoms with Gasteiger partial charge in [-0.1, -0.05) is 19.4 Å². The molecule has 0 saturated carbocycles. The van der Waals surface area contributed by atoms with Crippen LogP contribution in [0.2, 0.25) is 0 Å². The maximum absolute atomic E-state index is 10.1. The number of aryl methyl sites for hydroxylation is 2. The zero-order chi connectivity index (χ0) is 11.8. The van der Waals surface area contributed by atoms with Crippen molar-refractivity contribution in [1.29, 1.82) is 0 Å². The summed E-state index contributed by atoms with van der Waals surface area (Å²) < 4.78 is 0. The third kappa shape index (κ3) is 1.77. The van der Waals surface area contributed by atoms with Crippen LogP contribution in [-0.4, -0.2) is 10.1 Å². The summed E-state index contributed by atoms with van der Waals surface area (Å²) in [4.78, 5) is 3.41. The molecule has 2 nitrogen and oxygen atoms in total. The molecule has 0 aliphatic heterocycles. The van der Waals surface area contributed by atoms with Gasteiger partial charge in [-0.15, -0.1) is 0 Å². The largest absolute Gasteiger partial charge is 0.387 e. The Kier molecular flexibility index (Phi) is 2.67. The maximum Gasteiger partial charge on any atom is 0.0940 e. The van der Waals surface area contributed by atoms with Crippen molar-refractivity contribution in [2.75, 3.05) is 0 Å². The molecule has 90 valence electrons. The van der Waals surface area contributed by atoms with Crippen molar-refractivity contribution < 1.29 is 5.11 Å². The molecule has 1 aliphatic rings. The number of fused-ring (bicyclic) bond motifs is 3. The van der Waals surface area contributed by atoms with Crippen molar-refractivity contribution in [2.24, 2.45) is 0 Å². The molecule has 3 rings (SSSR count). The van der Waals surface area contributed by atoms with E-state index in [9.17, 15) is 5.11 Å². The highest BCUT2D eigenvalue weighted by molar-refractivity contribution is 5.85. The van der Waals surface area contributed by atoms with E-state index >= 15 is 0 Å². The topological polar surface area (TPSA) is 36.0 Å². The van der Waals surface area contributed by atoms with Gasteiger partial charge in [-0.05, 0) is 48.9 Å². The summed E-state index contributed by atoms with van der Waals surface area (Å²) in [6.45, 7) is 2.18. The van der Waals surface area contributed by atoms with Gasteiger partial charge in [0.05, 0.1) is 6.10 Å². The fourth-order valence-corrected chi connectivity index (χ4v) is 2.87. The van der Waals surface area contributed by atoms with Crippen molar-refractivity contribution in [1.82, 2.24) is 4.98 Å². The Balaban J connectivity index is 2.21. The van der Waals surface area contributed by atoms with Crippen molar-refractivity contribution in [2.45, 2.75) is 45.1 Å². The Bertz CT molecular complexity index is 541. The molecule has 0 amide bonds. The van der Waals surface area contributed by atoms with Gasteiger partial charge in [-0.25, -0.2) is 0 Å². The smallest absolute Gasteiger partial charge is 0.0940 e. The number of hydrogen-bond acceptors (Lipinski definition) is 1. The minimum absolute atomic E-state index is 0.301. The van der Waals surface area contributed by atoms with E-state index in [4.69, 9.17) is 0 Å². The Labute approximate surface area is 102 Å². The van der Waals surface area contributed by atoms with Crippen molar-refractivity contribution in [3.8, 4) is 0 Å². The van der Waals surface area contributed by atoms with Crippen LogP contribution >= 0.6 is 0 Å². The van der Waals surface area contributed by atoms with E-state index in [1.54, 1.807) is 0 Å². The monoisotopic (exact) mass is 229 g/mol. The first-order valence-electron chi connectivity index (χ1n) is 6.61. The molecule has 0 radical (unpaired) electrons. The molecule has 0 spiro atoms. The molecule has 1 aliphatic carbocycles. The van der Waals surface area contributed by atoms with Crippen molar-refractivity contribution in [3.05, 3.63) is 35.0 Å². The molecule has 1 aromatic carbocycles. The summed E-state index contributed by atoms with van der Waals surface area (Å²) in [6.07, 6.45) is 5.06. The highest BCUT2D eigenvalue weighted by Crippen LogP contribution is 2.33. The molecular formula is C15H19NO. The summed E-state index contributed by atoms with van der Waals surface area (Å²) in [6, 6.07) is 6.60. The maximum atomic E-state index is 10.1. The van der Waals surface area contributed by atoms with Crippen molar-refractivity contribution >= 4 is 10.9 Å². The lowest BCUT2D eigenvalue weighted by atomic mass is 10.0. The summed E-state index contributed by atoms with van der Waals surface area (Å²) in [5.41, 5.74) is 4.96. The van der Waals surface area contributed by atoms with E-state index in [0.717, 1.165) is 31.4 Å². The van der Waals surface area contributed by atoms with Crippen LogP contribution in [0.25, 0.3) is 10.9 Å². The predicted molar refractivity (Wildman–Crippen MR) is 70.2 cm³/mol. The molecule has 0 fully saturated rings. The molecule has 1 heterocycles. The van der Waals surface area contributed by atoms with Crippen LogP contribution in [0.3, 0.4) is 0 Å². The summed E-state index contributed by atoms with van der Waals surface area (Å²) >= 11 is 0. The van der Waals surface area contributed by atoms with Crippen LogP contribution in [0.15, 0.2) is 18.2 Å². The van der Waals surface area contributed by atoms with Crippen molar-refractivity contribution in [3.63, 3.8) is 0 Å². The second-order valence-electron chi connectivity index (χ2n) is 5.01. The van der Waals surface area contributed by atoms with E-state index in [1.807, 2.05) is 0 Å². The van der Waals surface area contributed by atoms with Crippen LogP contribution in [0, 0.1) is 0 Å². The standard InChI is InChI=1S/C15H19NO/c1-2-10-7-8-13-12(9-10)11-5-3-4-6-14(17)15(11)16-13/h7-9,14,16-17H,2-6H2,1H3. The highest BCUT2D eigenvalue weighted by atomic mass is 16.3. The molecule has 2 heteroatoms. The molecule has 0 saturated heterocycles. The van der Waals surface area contributed by atoms with E-state index in [1.165, 1.54) is 28.5 Å². The average molecular weight is 229 g/mol. The molecule has 1 atom stereocenters. The van der Waals surface area contributed by atoms with Crippen LogP contribution in [0.5, 0.6) is 0 Å². The van der Waals surface area contributed by atoms with E-state index in [0.29, 0.717) is 0 Å². The van der Waals surface area contributed by atoms with E-state index < -0.39 is 0 Å². The van der Waals surface area contributed by atoms with Gasteiger partial charge in [0.25, 0.3) is 0 Å². The van der Waals surface area contributed by atoms with Crippen LogP contribution < -0.4 is 0 Å². The number of aromatic amines is 1. The first-order chi connectivity index (χ1) is 8.29. The number of aromatic nitrogens is 1. The van der Waals surface area contributed by atoms with E-state index in [-0.39, 0.29) is 6.10 Å². The van der Waals surface area contributed by atoms with Gasteiger partial charge in [-0.3, -0.25) is 0 Å². The quantitative estimate of drug-likeness (QED) is 0.721. The van der Waals surface area contributed by atoms with Gasteiger partial charge < -0.3 is 10.1 Å². The zero-order valence-electron chi connectivity index (χ0n) is 10.3. The second-order valence-corrected chi connectivity index (χ2v) is 5.01. The number of benzene rings is 1.